The van der Waals surface area contributed by atoms with Gasteiger partial charge in [0.1, 0.15) is 5.78 Å². The Morgan fingerprint density at radius 3 is 2.93 bits per heavy atom. The normalized spacial score (nSPS) is 27.4. The number of hydrogen-bond acceptors (Lipinski definition) is 2. The van der Waals surface area contributed by atoms with Gasteiger partial charge in [-0.2, -0.15) is 0 Å². The number of Topliss-reactive ketones (excluding diaryl/α,β-unsaturated/α-hetero) is 1. The largest absolute Gasteiger partial charge is 0.300 e. The molecule has 0 spiro atoms. The molecule has 2 nitrogen and oxygen atoms in total. The van der Waals surface area contributed by atoms with Crippen molar-refractivity contribution >= 4 is 11.6 Å². The van der Waals surface area contributed by atoms with Gasteiger partial charge in [0.2, 0.25) is 0 Å². The maximum atomic E-state index is 11.8. The number of rotatable bonds is 3. The van der Waals surface area contributed by atoms with Gasteiger partial charge in [0.05, 0.1) is 0 Å². The summed E-state index contributed by atoms with van der Waals surface area (Å²) in [6.07, 6.45) is 7.81. The standard InChI is InChI=1S/C12H18O2/c1-10(13)7-9-12(2)8-5-3-4-6-11(12)14/h4,6H,3,5,7-9H2,1-2H3/t12-/m1/s1. The molecule has 0 fully saturated rings. The molecular weight excluding hydrogens is 176 g/mol. The topological polar surface area (TPSA) is 34.1 Å². The van der Waals surface area contributed by atoms with Crippen molar-refractivity contribution in [1.82, 2.24) is 0 Å². The van der Waals surface area contributed by atoms with E-state index in [0.717, 1.165) is 19.3 Å². The lowest BCUT2D eigenvalue weighted by Gasteiger charge is -2.25. The van der Waals surface area contributed by atoms with E-state index >= 15 is 0 Å². The fraction of sp³-hybridized carbons (Fsp3) is 0.667. The molecule has 1 aliphatic rings. The zero-order chi connectivity index (χ0) is 10.6. The summed E-state index contributed by atoms with van der Waals surface area (Å²) < 4.78 is 0. The summed E-state index contributed by atoms with van der Waals surface area (Å²) >= 11 is 0. The first-order valence-corrected chi connectivity index (χ1v) is 5.25. The lowest BCUT2D eigenvalue weighted by molar-refractivity contribution is -0.124. The molecule has 1 aliphatic carbocycles. The van der Waals surface area contributed by atoms with E-state index in [9.17, 15) is 9.59 Å². The lowest BCUT2D eigenvalue weighted by Crippen LogP contribution is -2.26. The summed E-state index contributed by atoms with van der Waals surface area (Å²) in [4.78, 5) is 22.6. The van der Waals surface area contributed by atoms with Crippen molar-refractivity contribution in [2.45, 2.75) is 46.0 Å². The summed E-state index contributed by atoms with van der Waals surface area (Å²) in [7, 11) is 0. The smallest absolute Gasteiger partial charge is 0.161 e. The second-order valence-electron chi connectivity index (χ2n) is 4.42. The van der Waals surface area contributed by atoms with Crippen LogP contribution in [-0.2, 0) is 9.59 Å². The van der Waals surface area contributed by atoms with Crippen LogP contribution in [0.25, 0.3) is 0 Å². The van der Waals surface area contributed by atoms with Crippen LogP contribution in [0.15, 0.2) is 12.2 Å². The van der Waals surface area contributed by atoms with E-state index in [-0.39, 0.29) is 17.0 Å². The van der Waals surface area contributed by atoms with E-state index in [0.29, 0.717) is 12.8 Å². The molecule has 0 N–H and O–H groups in total. The zero-order valence-electron chi connectivity index (χ0n) is 9.01. The minimum atomic E-state index is -0.293. The molecule has 14 heavy (non-hydrogen) atoms. The Morgan fingerprint density at radius 1 is 1.57 bits per heavy atom. The molecule has 0 bridgehead atoms. The van der Waals surface area contributed by atoms with E-state index < -0.39 is 0 Å². The quantitative estimate of drug-likeness (QED) is 0.692. The van der Waals surface area contributed by atoms with Crippen molar-refractivity contribution in [3.05, 3.63) is 12.2 Å². The third kappa shape index (κ3) is 2.79. The Morgan fingerprint density at radius 2 is 2.29 bits per heavy atom. The fourth-order valence-electron chi connectivity index (χ4n) is 1.82. The number of carbonyl (C=O) groups excluding carboxylic acids is 2. The molecule has 78 valence electrons. The van der Waals surface area contributed by atoms with Gasteiger partial charge in [-0.25, -0.2) is 0 Å². The molecule has 1 rings (SSSR count). The molecule has 0 heterocycles. The van der Waals surface area contributed by atoms with Crippen molar-refractivity contribution in [3.63, 3.8) is 0 Å². The average molecular weight is 194 g/mol. The number of carbonyl (C=O) groups is 2. The van der Waals surface area contributed by atoms with Crippen LogP contribution < -0.4 is 0 Å². The summed E-state index contributed by atoms with van der Waals surface area (Å²) in [5.74, 6) is 0.364. The predicted octanol–water partition coefficient (Wildman–Crippen LogP) is 2.67. The van der Waals surface area contributed by atoms with Crippen LogP contribution in [0, 0.1) is 5.41 Å². The molecule has 0 amide bonds. The van der Waals surface area contributed by atoms with Gasteiger partial charge >= 0.3 is 0 Å². The van der Waals surface area contributed by atoms with Gasteiger partial charge in [-0.05, 0) is 38.7 Å². The first-order chi connectivity index (χ1) is 6.54. The van der Waals surface area contributed by atoms with E-state index in [4.69, 9.17) is 0 Å². The van der Waals surface area contributed by atoms with Crippen LogP contribution in [0.1, 0.15) is 46.0 Å². The molecule has 0 unspecified atom stereocenters. The van der Waals surface area contributed by atoms with Crippen LogP contribution >= 0.6 is 0 Å². The Labute approximate surface area is 85.4 Å². The fourth-order valence-corrected chi connectivity index (χ4v) is 1.82. The van der Waals surface area contributed by atoms with Crippen molar-refractivity contribution in [2.75, 3.05) is 0 Å². The summed E-state index contributed by atoms with van der Waals surface area (Å²) in [5, 5.41) is 0. The molecule has 2 heteroatoms. The van der Waals surface area contributed by atoms with Gasteiger partial charge in [0, 0.05) is 11.8 Å². The number of allylic oxidation sites excluding steroid dienone is 2. The van der Waals surface area contributed by atoms with Gasteiger partial charge in [0.15, 0.2) is 5.78 Å². The summed E-state index contributed by atoms with van der Waals surface area (Å²) in [6.45, 7) is 3.56. The van der Waals surface area contributed by atoms with Crippen LogP contribution in [0.5, 0.6) is 0 Å². The molecular formula is C12H18O2. The van der Waals surface area contributed by atoms with Gasteiger partial charge < -0.3 is 4.79 Å². The monoisotopic (exact) mass is 194 g/mol. The minimum Gasteiger partial charge on any atom is -0.300 e. The third-order valence-corrected chi connectivity index (χ3v) is 2.99. The van der Waals surface area contributed by atoms with Crippen LogP contribution in [-0.4, -0.2) is 11.6 Å². The van der Waals surface area contributed by atoms with Gasteiger partial charge in [-0.1, -0.05) is 13.0 Å². The highest BCUT2D eigenvalue weighted by Crippen LogP contribution is 2.33. The average Bonchev–Trinajstić information content (AvgIpc) is 2.28. The lowest BCUT2D eigenvalue weighted by atomic mass is 9.77. The Kier molecular flexibility index (Phi) is 3.62. The highest BCUT2D eigenvalue weighted by atomic mass is 16.1. The molecule has 0 aromatic rings. The Bertz CT molecular complexity index is 265. The van der Waals surface area contributed by atoms with Crippen LogP contribution in [0.4, 0.5) is 0 Å². The van der Waals surface area contributed by atoms with E-state index in [2.05, 4.69) is 0 Å². The molecule has 1 atom stereocenters. The second-order valence-corrected chi connectivity index (χ2v) is 4.42. The zero-order valence-corrected chi connectivity index (χ0v) is 9.01. The molecule has 0 radical (unpaired) electrons. The maximum Gasteiger partial charge on any atom is 0.161 e. The maximum absolute atomic E-state index is 11.8. The molecule has 0 saturated heterocycles. The van der Waals surface area contributed by atoms with Crippen molar-refractivity contribution in [3.8, 4) is 0 Å². The minimum absolute atomic E-state index is 0.173. The first-order valence-electron chi connectivity index (χ1n) is 5.25. The van der Waals surface area contributed by atoms with Crippen LogP contribution in [0.3, 0.4) is 0 Å². The molecule has 0 saturated carbocycles. The van der Waals surface area contributed by atoms with Crippen molar-refractivity contribution in [2.24, 2.45) is 5.41 Å². The molecule has 0 aromatic carbocycles. The van der Waals surface area contributed by atoms with E-state index in [1.165, 1.54) is 0 Å². The molecule has 0 aromatic heterocycles. The summed E-state index contributed by atoms with van der Waals surface area (Å²) in [6, 6.07) is 0. The third-order valence-electron chi connectivity index (χ3n) is 2.99. The van der Waals surface area contributed by atoms with E-state index in [1.807, 2.05) is 13.0 Å². The van der Waals surface area contributed by atoms with Gasteiger partial charge in [0.25, 0.3) is 0 Å². The van der Waals surface area contributed by atoms with Crippen molar-refractivity contribution in [1.29, 1.82) is 0 Å². The van der Waals surface area contributed by atoms with Gasteiger partial charge in [-0.15, -0.1) is 0 Å². The van der Waals surface area contributed by atoms with E-state index in [1.54, 1.807) is 13.0 Å². The SMILES string of the molecule is CC(=O)CC[C@@]1(C)CCCC=CC1=O. The first kappa shape index (κ1) is 11.2. The highest BCUT2D eigenvalue weighted by Gasteiger charge is 2.31. The summed E-state index contributed by atoms with van der Waals surface area (Å²) in [5.41, 5.74) is -0.293. The Balaban J connectivity index is 2.64. The van der Waals surface area contributed by atoms with Gasteiger partial charge in [-0.3, -0.25) is 4.79 Å². The predicted molar refractivity (Wildman–Crippen MR) is 56.0 cm³/mol. The number of hydrogen-bond donors (Lipinski definition) is 0. The van der Waals surface area contributed by atoms with Crippen LogP contribution in [0.2, 0.25) is 0 Å². The Hall–Kier alpha value is -0.920. The molecule has 0 aliphatic heterocycles. The second kappa shape index (κ2) is 4.54. The van der Waals surface area contributed by atoms with Crippen molar-refractivity contribution < 1.29 is 9.59 Å². The number of ketones is 2. The highest BCUT2D eigenvalue weighted by molar-refractivity contribution is 5.95.